The lowest BCUT2D eigenvalue weighted by Gasteiger charge is -2.38. The van der Waals surface area contributed by atoms with Crippen LogP contribution in [0.3, 0.4) is 0 Å². The van der Waals surface area contributed by atoms with Crippen LogP contribution in [0.2, 0.25) is 0 Å². The zero-order valence-electron chi connectivity index (χ0n) is 11.1. The van der Waals surface area contributed by atoms with E-state index in [2.05, 4.69) is 34.8 Å². The van der Waals surface area contributed by atoms with E-state index >= 15 is 0 Å². The number of nitrogens with zero attached hydrogens (tertiary/aromatic N) is 2. The van der Waals surface area contributed by atoms with Gasteiger partial charge in [0.15, 0.2) is 0 Å². The van der Waals surface area contributed by atoms with Crippen molar-refractivity contribution in [1.82, 2.24) is 9.80 Å². The van der Waals surface area contributed by atoms with Crippen molar-refractivity contribution < 1.29 is 4.79 Å². The van der Waals surface area contributed by atoms with Crippen LogP contribution in [0, 0.1) is 6.92 Å². The van der Waals surface area contributed by atoms with Crippen molar-refractivity contribution in [2.45, 2.75) is 19.9 Å². The molecule has 2 rings (SSSR count). The molecule has 98 valence electrons. The molecule has 0 aromatic heterocycles. The molecule has 1 unspecified atom stereocenters. The summed E-state index contributed by atoms with van der Waals surface area (Å²) in [7, 11) is 2.10. The summed E-state index contributed by atoms with van der Waals surface area (Å²) in [6.07, 6.45) is 0. The van der Waals surface area contributed by atoms with E-state index in [0.717, 1.165) is 35.2 Å². The van der Waals surface area contributed by atoms with Crippen LogP contribution in [0.1, 0.15) is 22.8 Å². The van der Waals surface area contributed by atoms with Crippen LogP contribution in [0.15, 0.2) is 22.7 Å². The van der Waals surface area contributed by atoms with Gasteiger partial charge in [-0.2, -0.15) is 0 Å². The fourth-order valence-electron chi connectivity index (χ4n) is 2.47. The van der Waals surface area contributed by atoms with Gasteiger partial charge in [-0.3, -0.25) is 4.79 Å². The molecule has 1 aliphatic heterocycles. The van der Waals surface area contributed by atoms with Gasteiger partial charge < -0.3 is 9.80 Å². The monoisotopic (exact) mass is 310 g/mol. The molecule has 1 saturated heterocycles. The molecule has 0 spiro atoms. The second-order valence-electron chi connectivity index (χ2n) is 5.13. The molecule has 18 heavy (non-hydrogen) atoms. The topological polar surface area (TPSA) is 23.6 Å². The Labute approximate surface area is 117 Å². The zero-order valence-corrected chi connectivity index (χ0v) is 12.7. The van der Waals surface area contributed by atoms with E-state index in [0.29, 0.717) is 0 Å². The number of piperazine rings is 1. The number of amides is 1. The maximum absolute atomic E-state index is 12.5. The minimum atomic E-state index is 0.139. The van der Waals surface area contributed by atoms with Crippen molar-refractivity contribution in [3.05, 3.63) is 33.8 Å². The number of hydrogen-bond donors (Lipinski definition) is 0. The normalized spacial score (nSPS) is 21.1. The number of carbonyl (C=O) groups excluding carboxylic acids is 1. The smallest absolute Gasteiger partial charge is 0.254 e. The van der Waals surface area contributed by atoms with E-state index in [-0.39, 0.29) is 11.9 Å². The van der Waals surface area contributed by atoms with Crippen LogP contribution in [0.25, 0.3) is 0 Å². The quantitative estimate of drug-likeness (QED) is 0.796. The van der Waals surface area contributed by atoms with Gasteiger partial charge in [-0.1, -0.05) is 15.9 Å². The number of benzene rings is 1. The van der Waals surface area contributed by atoms with E-state index in [1.807, 2.05) is 30.0 Å². The summed E-state index contributed by atoms with van der Waals surface area (Å²) in [5, 5.41) is 0. The van der Waals surface area contributed by atoms with E-state index in [9.17, 15) is 4.79 Å². The third-order valence-electron chi connectivity index (χ3n) is 3.38. The fraction of sp³-hybridized carbons (Fsp3) is 0.500. The van der Waals surface area contributed by atoms with Crippen molar-refractivity contribution in [3.63, 3.8) is 0 Å². The fourth-order valence-corrected chi connectivity index (χ4v) is 3.07. The van der Waals surface area contributed by atoms with Crippen LogP contribution < -0.4 is 0 Å². The number of rotatable bonds is 1. The summed E-state index contributed by atoms with van der Waals surface area (Å²) in [5.74, 6) is 0.139. The Hall–Kier alpha value is -0.870. The molecular weight excluding hydrogens is 292 g/mol. The largest absolute Gasteiger partial charge is 0.333 e. The Morgan fingerprint density at radius 2 is 2.06 bits per heavy atom. The predicted molar refractivity (Wildman–Crippen MR) is 76.9 cm³/mol. The van der Waals surface area contributed by atoms with Gasteiger partial charge >= 0.3 is 0 Å². The zero-order chi connectivity index (χ0) is 13.3. The van der Waals surface area contributed by atoms with E-state index in [1.165, 1.54) is 0 Å². The highest BCUT2D eigenvalue weighted by Gasteiger charge is 2.26. The summed E-state index contributed by atoms with van der Waals surface area (Å²) in [6.45, 7) is 6.82. The molecule has 4 heteroatoms. The average Bonchev–Trinajstić information content (AvgIpc) is 2.26. The first-order chi connectivity index (χ1) is 8.47. The molecule has 1 amide bonds. The van der Waals surface area contributed by atoms with Crippen molar-refractivity contribution in [2.75, 3.05) is 26.7 Å². The molecule has 3 nitrogen and oxygen atoms in total. The number of carbonyl (C=O) groups is 1. The Bertz CT molecular complexity index is 441. The first kappa shape index (κ1) is 13.6. The summed E-state index contributed by atoms with van der Waals surface area (Å²) >= 11 is 3.45. The lowest BCUT2D eigenvalue weighted by atomic mass is 10.1. The Kier molecular flexibility index (Phi) is 4.07. The number of aryl methyl sites for hydroxylation is 1. The molecule has 0 N–H and O–H groups in total. The molecule has 0 bridgehead atoms. The van der Waals surface area contributed by atoms with Crippen LogP contribution in [0.4, 0.5) is 0 Å². The Balaban J connectivity index is 2.20. The lowest BCUT2D eigenvalue weighted by molar-refractivity contribution is 0.0533. The van der Waals surface area contributed by atoms with Crippen LogP contribution in [0.5, 0.6) is 0 Å². The molecule has 1 fully saturated rings. The minimum Gasteiger partial charge on any atom is -0.333 e. The maximum Gasteiger partial charge on any atom is 0.254 e. The summed E-state index contributed by atoms with van der Waals surface area (Å²) in [5.41, 5.74) is 1.88. The second kappa shape index (κ2) is 5.41. The molecule has 1 aliphatic rings. The van der Waals surface area contributed by atoms with Crippen LogP contribution in [-0.2, 0) is 0 Å². The van der Waals surface area contributed by atoms with Gasteiger partial charge in [0.05, 0.1) is 0 Å². The van der Waals surface area contributed by atoms with Crippen molar-refractivity contribution in [3.8, 4) is 0 Å². The highest BCUT2D eigenvalue weighted by Crippen LogP contribution is 2.19. The van der Waals surface area contributed by atoms with E-state index in [4.69, 9.17) is 0 Å². The first-order valence-electron chi connectivity index (χ1n) is 6.24. The van der Waals surface area contributed by atoms with Gasteiger partial charge in [0.1, 0.15) is 0 Å². The second-order valence-corrected chi connectivity index (χ2v) is 6.04. The Morgan fingerprint density at radius 1 is 1.33 bits per heavy atom. The molecular formula is C14H19BrN2O. The van der Waals surface area contributed by atoms with Gasteiger partial charge in [0.2, 0.25) is 0 Å². The predicted octanol–water partition coefficient (Wildman–Crippen LogP) is 2.53. The van der Waals surface area contributed by atoms with Crippen molar-refractivity contribution >= 4 is 21.8 Å². The third kappa shape index (κ3) is 2.93. The molecule has 1 aromatic rings. The SMILES string of the molecule is Cc1cc(Br)cc(C(=O)N2CCN(C)CC2C)c1. The molecule has 0 radical (unpaired) electrons. The van der Waals surface area contributed by atoms with Gasteiger partial charge in [-0.05, 0) is 44.7 Å². The first-order valence-corrected chi connectivity index (χ1v) is 7.03. The highest BCUT2D eigenvalue weighted by molar-refractivity contribution is 9.10. The standard InChI is InChI=1S/C14H19BrN2O/c1-10-6-12(8-13(15)7-10)14(18)17-5-4-16(3)9-11(17)2/h6-8,11H,4-5,9H2,1-3H3. The molecule has 0 saturated carbocycles. The van der Waals surface area contributed by atoms with Crippen molar-refractivity contribution in [2.24, 2.45) is 0 Å². The van der Waals surface area contributed by atoms with Gasteiger partial charge in [0, 0.05) is 35.7 Å². The Morgan fingerprint density at radius 3 is 2.67 bits per heavy atom. The average molecular weight is 311 g/mol. The van der Waals surface area contributed by atoms with Gasteiger partial charge in [-0.15, -0.1) is 0 Å². The summed E-state index contributed by atoms with van der Waals surface area (Å²) in [4.78, 5) is 16.7. The molecule has 1 heterocycles. The number of likely N-dealkylation sites (N-methyl/N-ethyl adjacent to an activating group) is 1. The van der Waals surface area contributed by atoms with Crippen LogP contribution >= 0.6 is 15.9 Å². The molecule has 1 aromatic carbocycles. The highest BCUT2D eigenvalue weighted by atomic mass is 79.9. The molecule has 0 aliphatic carbocycles. The van der Waals surface area contributed by atoms with Gasteiger partial charge in [0.25, 0.3) is 5.91 Å². The molecule has 1 atom stereocenters. The van der Waals surface area contributed by atoms with E-state index < -0.39 is 0 Å². The number of hydrogen-bond acceptors (Lipinski definition) is 2. The summed E-state index contributed by atoms with van der Waals surface area (Å²) < 4.78 is 0.965. The number of halogens is 1. The third-order valence-corrected chi connectivity index (χ3v) is 3.84. The lowest BCUT2D eigenvalue weighted by Crippen LogP contribution is -2.52. The van der Waals surface area contributed by atoms with E-state index in [1.54, 1.807) is 0 Å². The maximum atomic E-state index is 12.5. The van der Waals surface area contributed by atoms with Crippen LogP contribution in [-0.4, -0.2) is 48.4 Å². The summed E-state index contributed by atoms with van der Waals surface area (Å²) in [6, 6.07) is 6.15. The minimum absolute atomic E-state index is 0.139. The van der Waals surface area contributed by atoms with Gasteiger partial charge in [-0.25, -0.2) is 0 Å². The van der Waals surface area contributed by atoms with Crippen molar-refractivity contribution in [1.29, 1.82) is 0 Å².